The molecule has 11 heteroatoms. The van der Waals surface area contributed by atoms with Crippen LogP contribution in [0.2, 0.25) is 0 Å². The lowest BCUT2D eigenvalue weighted by Gasteiger charge is -2.16. The molecule has 1 aromatic carbocycles. The average Bonchev–Trinajstić information content (AvgIpc) is 2.55. The lowest BCUT2D eigenvalue weighted by atomic mass is 10.1. The van der Waals surface area contributed by atoms with Crippen molar-refractivity contribution in [3.05, 3.63) is 41.1 Å². The van der Waals surface area contributed by atoms with Gasteiger partial charge in [0.15, 0.2) is 5.69 Å². The molecule has 2 aromatic rings. The number of hydrogen-bond donors (Lipinski definition) is 3. The molecule has 1 aromatic heterocycles. The maximum atomic E-state index is 13.0. The lowest BCUT2D eigenvalue weighted by Crippen LogP contribution is -2.15. The number of aliphatic hydroxyl groups is 1. The molecule has 27 heavy (non-hydrogen) atoms. The minimum Gasteiger partial charge on any atom is -0.396 e. The number of anilines is 3. The number of hydrogen-bond acceptors (Lipinski definition) is 5. The Morgan fingerprint density at radius 1 is 1.04 bits per heavy atom. The predicted molar refractivity (Wildman–Crippen MR) is 86.7 cm³/mol. The van der Waals surface area contributed by atoms with E-state index in [9.17, 15) is 26.3 Å². The van der Waals surface area contributed by atoms with Gasteiger partial charge < -0.3 is 15.7 Å². The molecule has 0 unspecified atom stereocenters. The normalized spacial score (nSPS) is 12.1. The third-order valence-electron chi connectivity index (χ3n) is 3.54. The van der Waals surface area contributed by atoms with Crippen molar-refractivity contribution in [1.82, 2.24) is 9.97 Å². The Bertz CT molecular complexity index is 791. The molecular weight excluding hydrogens is 378 g/mol. The van der Waals surface area contributed by atoms with E-state index < -0.39 is 23.6 Å². The summed E-state index contributed by atoms with van der Waals surface area (Å²) < 4.78 is 78.1. The second-order valence-corrected chi connectivity index (χ2v) is 5.56. The maximum absolute atomic E-state index is 13.0. The van der Waals surface area contributed by atoms with Crippen LogP contribution in [0.25, 0.3) is 0 Å². The molecule has 5 nitrogen and oxygen atoms in total. The molecule has 0 saturated heterocycles. The highest BCUT2D eigenvalue weighted by Crippen LogP contribution is 2.36. The van der Waals surface area contributed by atoms with Crippen LogP contribution in [0.5, 0.6) is 0 Å². The summed E-state index contributed by atoms with van der Waals surface area (Å²) in [7, 11) is 0. The van der Waals surface area contributed by atoms with Crippen LogP contribution < -0.4 is 10.6 Å². The van der Waals surface area contributed by atoms with Crippen LogP contribution in [-0.4, -0.2) is 28.2 Å². The smallest absolute Gasteiger partial charge is 0.396 e. The fraction of sp³-hybridized carbons (Fsp3) is 0.375. The Morgan fingerprint density at radius 3 is 2.33 bits per heavy atom. The number of nitrogens with one attached hydrogen (secondary N) is 2. The second-order valence-electron chi connectivity index (χ2n) is 5.56. The van der Waals surface area contributed by atoms with Gasteiger partial charge in [0.05, 0.1) is 5.56 Å². The van der Waals surface area contributed by atoms with Crippen molar-refractivity contribution in [2.24, 2.45) is 0 Å². The van der Waals surface area contributed by atoms with Crippen molar-refractivity contribution in [2.75, 3.05) is 23.8 Å². The van der Waals surface area contributed by atoms with E-state index in [1.165, 1.54) is 13.0 Å². The largest absolute Gasteiger partial charge is 0.433 e. The minimum absolute atomic E-state index is 0.0297. The van der Waals surface area contributed by atoms with E-state index in [-0.39, 0.29) is 42.6 Å². The van der Waals surface area contributed by atoms with Gasteiger partial charge >= 0.3 is 12.4 Å². The number of benzene rings is 1. The summed E-state index contributed by atoms with van der Waals surface area (Å²) in [6.45, 7) is 1.15. The van der Waals surface area contributed by atoms with Crippen LogP contribution in [0, 0.1) is 6.92 Å². The number of halogens is 6. The Morgan fingerprint density at radius 2 is 1.74 bits per heavy atom. The van der Waals surface area contributed by atoms with Gasteiger partial charge in [0.1, 0.15) is 5.82 Å². The third kappa shape index (κ3) is 5.46. The number of alkyl halides is 6. The first-order chi connectivity index (χ1) is 12.5. The summed E-state index contributed by atoms with van der Waals surface area (Å²) >= 11 is 0. The second kappa shape index (κ2) is 7.99. The zero-order valence-corrected chi connectivity index (χ0v) is 14.0. The number of nitrogens with zero attached hydrogens (tertiary/aromatic N) is 2. The zero-order valence-electron chi connectivity index (χ0n) is 14.0. The summed E-state index contributed by atoms with van der Waals surface area (Å²) in [5, 5.41) is 13.8. The van der Waals surface area contributed by atoms with E-state index >= 15 is 0 Å². The maximum Gasteiger partial charge on any atom is 0.433 e. The quantitative estimate of drug-likeness (QED) is 0.502. The monoisotopic (exact) mass is 394 g/mol. The molecule has 0 aliphatic heterocycles. The first-order valence-corrected chi connectivity index (χ1v) is 7.77. The number of rotatable bonds is 6. The van der Waals surface area contributed by atoms with E-state index in [1.54, 1.807) is 0 Å². The number of aliphatic hydroxyl groups excluding tert-OH is 1. The van der Waals surface area contributed by atoms with Gasteiger partial charge in [0, 0.05) is 24.9 Å². The zero-order chi connectivity index (χ0) is 20.2. The van der Waals surface area contributed by atoms with E-state index in [4.69, 9.17) is 5.11 Å². The van der Waals surface area contributed by atoms with E-state index in [1.807, 2.05) is 0 Å². The Hall–Kier alpha value is -2.56. The highest BCUT2D eigenvalue weighted by molar-refractivity contribution is 5.63. The van der Waals surface area contributed by atoms with Gasteiger partial charge in [-0.25, -0.2) is 4.98 Å². The molecule has 1 heterocycles. The highest BCUT2D eigenvalue weighted by Gasteiger charge is 2.35. The molecule has 2 rings (SSSR count). The fourth-order valence-corrected chi connectivity index (χ4v) is 2.23. The van der Waals surface area contributed by atoms with E-state index in [0.717, 1.165) is 12.1 Å². The van der Waals surface area contributed by atoms with Crippen LogP contribution >= 0.6 is 0 Å². The van der Waals surface area contributed by atoms with Crippen molar-refractivity contribution < 1.29 is 31.4 Å². The Kier molecular flexibility index (Phi) is 6.14. The Labute approximate surface area is 150 Å². The van der Waals surface area contributed by atoms with Crippen molar-refractivity contribution in [3.8, 4) is 0 Å². The summed E-state index contributed by atoms with van der Waals surface area (Å²) in [5.41, 5.74) is -2.36. The summed E-state index contributed by atoms with van der Waals surface area (Å²) in [6.07, 6.45) is -9.10. The lowest BCUT2D eigenvalue weighted by molar-refractivity contribution is -0.141. The van der Waals surface area contributed by atoms with Crippen LogP contribution in [0.3, 0.4) is 0 Å². The van der Waals surface area contributed by atoms with Gasteiger partial charge in [-0.3, -0.25) is 0 Å². The molecule has 0 saturated carbocycles. The van der Waals surface area contributed by atoms with E-state index in [2.05, 4.69) is 20.6 Å². The standard InChI is InChI=1S/C16H16F6N4O/c1-9-10(15(17,18)19)4-2-5-11(9)24-13-8-12(16(20,21)22)25-14(26-13)23-6-3-7-27/h2,4-5,8,27H,3,6-7H2,1H3,(H2,23,24,25,26). The Balaban J connectivity index is 2.39. The molecular formula is C16H16F6N4O. The first kappa shape index (κ1) is 20.7. The van der Waals surface area contributed by atoms with E-state index in [0.29, 0.717) is 6.07 Å². The van der Waals surface area contributed by atoms with Gasteiger partial charge in [-0.1, -0.05) is 6.07 Å². The molecule has 0 atom stereocenters. The van der Waals surface area contributed by atoms with Crippen molar-refractivity contribution in [2.45, 2.75) is 25.7 Å². The number of aromatic nitrogens is 2. The molecule has 0 bridgehead atoms. The molecule has 0 spiro atoms. The van der Waals surface area contributed by atoms with Crippen LogP contribution in [0.1, 0.15) is 23.2 Å². The van der Waals surface area contributed by atoms with Gasteiger partial charge in [-0.15, -0.1) is 0 Å². The van der Waals surface area contributed by atoms with Crippen LogP contribution in [0.4, 0.5) is 43.8 Å². The van der Waals surface area contributed by atoms with Crippen molar-refractivity contribution in [1.29, 1.82) is 0 Å². The molecule has 0 amide bonds. The van der Waals surface area contributed by atoms with Gasteiger partial charge in [-0.05, 0) is 31.0 Å². The molecule has 3 N–H and O–H groups in total. The SMILES string of the molecule is Cc1c(Nc2cc(C(F)(F)F)nc(NCCCO)n2)cccc1C(F)(F)F. The topological polar surface area (TPSA) is 70.1 Å². The molecule has 148 valence electrons. The molecule has 0 radical (unpaired) electrons. The summed E-state index contributed by atoms with van der Waals surface area (Å²) in [6, 6.07) is 3.93. The third-order valence-corrected chi connectivity index (χ3v) is 3.54. The minimum atomic E-state index is -4.77. The molecule has 0 aliphatic carbocycles. The van der Waals surface area contributed by atoms with Gasteiger partial charge in [-0.2, -0.15) is 31.3 Å². The average molecular weight is 394 g/mol. The van der Waals surface area contributed by atoms with Gasteiger partial charge in [0.25, 0.3) is 0 Å². The van der Waals surface area contributed by atoms with Gasteiger partial charge in [0.2, 0.25) is 5.95 Å². The fourth-order valence-electron chi connectivity index (χ4n) is 2.23. The highest BCUT2D eigenvalue weighted by atomic mass is 19.4. The van der Waals surface area contributed by atoms with Crippen LogP contribution in [-0.2, 0) is 12.4 Å². The first-order valence-electron chi connectivity index (χ1n) is 7.77. The van der Waals surface area contributed by atoms with Crippen molar-refractivity contribution in [3.63, 3.8) is 0 Å². The molecule has 0 aliphatic rings. The summed E-state index contributed by atoms with van der Waals surface area (Å²) in [5.74, 6) is -0.670. The van der Waals surface area contributed by atoms with Crippen molar-refractivity contribution >= 4 is 17.5 Å². The molecule has 0 fully saturated rings. The summed E-state index contributed by atoms with van der Waals surface area (Å²) in [4.78, 5) is 7.20. The van der Waals surface area contributed by atoms with Crippen LogP contribution in [0.15, 0.2) is 24.3 Å². The predicted octanol–water partition coefficient (Wildman–Crippen LogP) is 4.36.